The predicted molar refractivity (Wildman–Crippen MR) is 89.2 cm³/mol. The lowest BCUT2D eigenvalue weighted by Crippen LogP contribution is -2.41. The van der Waals surface area contributed by atoms with E-state index in [1.807, 2.05) is 20.8 Å². The Kier molecular flexibility index (Phi) is 6.40. The lowest BCUT2D eigenvalue weighted by molar-refractivity contribution is -0.128. The molecule has 1 aromatic rings. The largest absolute Gasteiger partial charge is 0.354 e. The number of hydrogen-bond acceptors (Lipinski definition) is 3. The fourth-order valence-electron chi connectivity index (χ4n) is 1.71. The quantitative estimate of drug-likeness (QED) is 0.859. The summed E-state index contributed by atoms with van der Waals surface area (Å²) in [6.07, 6.45) is 1.16. The molecule has 0 aliphatic rings. The first-order valence-corrected chi connectivity index (χ1v) is 9.20. The van der Waals surface area contributed by atoms with E-state index in [9.17, 15) is 13.2 Å². The Bertz CT molecular complexity index is 607. The summed E-state index contributed by atoms with van der Waals surface area (Å²) >= 11 is 5.82. The predicted octanol–water partition coefficient (Wildman–Crippen LogP) is 2.26. The van der Waals surface area contributed by atoms with Gasteiger partial charge in [0, 0.05) is 30.1 Å². The molecule has 0 aromatic heterocycles. The minimum atomic E-state index is -3.36. The molecular weight excluding hydrogens is 324 g/mol. The van der Waals surface area contributed by atoms with Gasteiger partial charge < -0.3 is 5.32 Å². The molecule has 0 radical (unpaired) electrons. The second-order valence-corrected chi connectivity index (χ2v) is 8.65. The monoisotopic (exact) mass is 346 g/mol. The maximum absolute atomic E-state index is 11.9. The Morgan fingerprint density at radius 3 is 2.23 bits per heavy atom. The molecule has 0 aliphatic carbocycles. The van der Waals surface area contributed by atoms with Gasteiger partial charge in [-0.05, 0) is 17.7 Å². The van der Waals surface area contributed by atoms with E-state index in [2.05, 4.69) is 5.32 Å². The van der Waals surface area contributed by atoms with Crippen LogP contribution in [0, 0.1) is 5.41 Å². The third-order valence-electron chi connectivity index (χ3n) is 3.07. The fraction of sp³-hybridized carbons (Fsp3) is 0.533. The third kappa shape index (κ3) is 6.34. The maximum Gasteiger partial charge on any atom is 0.225 e. The zero-order valence-electron chi connectivity index (χ0n) is 13.4. The van der Waals surface area contributed by atoms with Gasteiger partial charge in [-0.2, -0.15) is 4.31 Å². The van der Waals surface area contributed by atoms with Crippen molar-refractivity contribution in [2.45, 2.75) is 27.3 Å². The summed E-state index contributed by atoms with van der Waals surface area (Å²) in [4.78, 5) is 11.8. The number of nitrogens with one attached hydrogen (secondary N) is 1. The highest BCUT2D eigenvalue weighted by Gasteiger charge is 2.22. The average Bonchev–Trinajstić information content (AvgIpc) is 2.37. The molecular formula is C15H23ClN2O3S. The van der Waals surface area contributed by atoms with Crippen molar-refractivity contribution in [3.05, 3.63) is 34.9 Å². The van der Waals surface area contributed by atoms with Gasteiger partial charge in [0.05, 0.1) is 6.26 Å². The highest BCUT2D eigenvalue weighted by atomic mass is 35.5. The summed E-state index contributed by atoms with van der Waals surface area (Å²) in [5.41, 5.74) is 0.350. The van der Waals surface area contributed by atoms with Crippen LogP contribution < -0.4 is 5.32 Å². The summed E-state index contributed by atoms with van der Waals surface area (Å²) < 4.78 is 25.1. The highest BCUT2D eigenvalue weighted by Crippen LogP contribution is 2.14. The Morgan fingerprint density at radius 2 is 1.77 bits per heavy atom. The first-order chi connectivity index (χ1) is 10.00. The topological polar surface area (TPSA) is 66.5 Å². The van der Waals surface area contributed by atoms with Gasteiger partial charge in [0.2, 0.25) is 15.9 Å². The minimum Gasteiger partial charge on any atom is -0.354 e. The molecule has 0 fully saturated rings. The van der Waals surface area contributed by atoms with Crippen molar-refractivity contribution in [3.8, 4) is 0 Å². The van der Waals surface area contributed by atoms with Gasteiger partial charge >= 0.3 is 0 Å². The molecule has 0 heterocycles. The summed E-state index contributed by atoms with van der Waals surface area (Å²) in [6, 6.07) is 7.01. The van der Waals surface area contributed by atoms with Crippen molar-refractivity contribution in [3.63, 3.8) is 0 Å². The molecule has 5 nitrogen and oxygen atoms in total. The van der Waals surface area contributed by atoms with Crippen LogP contribution in [0.25, 0.3) is 0 Å². The number of rotatable bonds is 6. The molecule has 0 saturated heterocycles. The molecule has 0 unspecified atom stereocenters. The molecule has 0 aliphatic heterocycles. The summed E-state index contributed by atoms with van der Waals surface area (Å²) in [6.45, 7) is 6.18. The maximum atomic E-state index is 11.9. The van der Waals surface area contributed by atoms with Gasteiger partial charge in [0.25, 0.3) is 0 Å². The first kappa shape index (κ1) is 18.9. The normalized spacial score (nSPS) is 12.5. The number of benzene rings is 1. The van der Waals surface area contributed by atoms with Crippen LogP contribution in [0.5, 0.6) is 0 Å². The molecule has 0 spiro atoms. The van der Waals surface area contributed by atoms with E-state index >= 15 is 0 Å². The van der Waals surface area contributed by atoms with E-state index in [0.717, 1.165) is 11.8 Å². The Hall–Kier alpha value is -1.11. The molecule has 124 valence electrons. The Balaban J connectivity index is 2.67. The zero-order valence-corrected chi connectivity index (χ0v) is 15.0. The SMILES string of the molecule is CC(C)(C)C(=O)NCCN(Cc1ccc(Cl)cc1)S(C)(=O)=O. The first-order valence-electron chi connectivity index (χ1n) is 6.98. The van der Waals surface area contributed by atoms with Crippen molar-refractivity contribution in [2.24, 2.45) is 5.41 Å². The second kappa shape index (κ2) is 7.44. The van der Waals surface area contributed by atoms with E-state index in [4.69, 9.17) is 11.6 Å². The van der Waals surface area contributed by atoms with Crippen LogP contribution in [-0.4, -0.2) is 38.0 Å². The molecule has 1 amide bonds. The second-order valence-electron chi connectivity index (χ2n) is 6.23. The lowest BCUT2D eigenvalue weighted by atomic mass is 9.96. The lowest BCUT2D eigenvalue weighted by Gasteiger charge is -2.22. The standard InChI is InChI=1S/C15H23ClN2O3S/c1-15(2,3)14(19)17-9-10-18(22(4,20)21)11-12-5-7-13(16)8-6-12/h5-8H,9-11H2,1-4H3,(H,17,19). The van der Waals surface area contributed by atoms with Crippen molar-refractivity contribution >= 4 is 27.5 Å². The zero-order chi connectivity index (χ0) is 17.0. The molecule has 1 N–H and O–H groups in total. The van der Waals surface area contributed by atoms with Crippen LogP contribution >= 0.6 is 11.6 Å². The van der Waals surface area contributed by atoms with Gasteiger partial charge in [-0.3, -0.25) is 4.79 Å². The van der Waals surface area contributed by atoms with E-state index in [0.29, 0.717) is 5.02 Å². The van der Waals surface area contributed by atoms with E-state index in [-0.39, 0.29) is 25.5 Å². The Labute approximate surface area is 137 Å². The van der Waals surface area contributed by atoms with Crippen LogP contribution in [-0.2, 0) is 21.4 Å². The van der Waals surface area contributed by atoms with Gasteiger partial charge in [0.1, 0.15) is 0 Å². The van der Waals surface area contributed by atoms with Gasteiger partial charge in [0.15, 0.2) is 0 Å². The van der Waals surface area contributed by atoms with Crippen molar-refractivity contribution in [2.75, 3.05) is 19.3 Å². The molecule has 0 saturated carbocycles. The summed E-state index contributed by atoms with van der Waals surface area (Å²) in [7, 11) is -3.36. The smallest absolute Gasteiger partial charge is 0.225 e. The van der Waals surface area contributed by atoms with Gasteiger partial charge in [-0.25, -0.2) is 8.42 Å². The molecule has 1 rings (SSSR count). The Morgan fingerprint density at radius 1 is 1.23 bits per heavy atom. The van der Waals surface area contributed by atoms with E-state index in [1.165, 1.54) is 4.31 Å². The molecule has 1 aromatic carbocycles. The molecule has 22 heavy (non-hydrogen) atoms. The number of carbonyl (C=O) groups excluding carboxylic acids is 1. The molecule has 0 atom stereocenters. The summed E-state index contributed by atoms with van der Waals surface area (Å²) in [5, 5.41) is 3.36. The number of hydrogen-bond donors (Lipinski definition) is 1. The number of carbonyl (C=O) groups is 1. The van der Waals surface area contributed by atoms with Crippen LogP contribution in [0.3, 0.4) is 0 Å². The van der Waals surface area contributed by atoms with E-state index < -0.39 is 15.4 Å². The fourth-order valence-corrected chi connectivity index (χ4v) is 2.65. The minimum absolute atomic E-state index is 0.104. The molecule has 7 heteroatoms. The van der Waals surface area contributed by atoms with Crippen molar-refractivity contribution in [1.82, 2.24) is 9.62 Å². The number of halogens is 1. The summed E-state index contributed by atoms with van der Waals surface area (Å²) in [5.74, 6) is -0.104. The average molecular weight is 347 g/mol. The van der Waals surface area contributed by atoms with Gasteiger partial charge in [-0.15, -0.1) is 0 Å². The van der Waals surface area contributed by atoms with Crippen LogP contribution in [0.2, 0.25) is 5.02 Å². The van der Waals surface area contributed by atoms with E-state index in [1.54, 1.807) is 24.3 Å². The van der Waals surface area contributed by atoms with Crippen molar-refractivity contribution in [1.29, 1.82) is 0 Å². The highest BCUT2D eigenvalue weighted by molar-refractivity contribution is 7.88. The number of nitrogens with zero attached hydrogens (tertiary/aromatic N) is 1. The van der Waals surface area contributed by atoms with Gasteiger partial charge in [-0.1, -0.05) is 44.5 Å². The van der Waals surface area contributed by atoms with Crippen LogP contribution in [0.15, 0.2) is 24.3 Å². The number of amides is 1. The third-order valence-corrected chi connectivity index (χ3v) is 4.57. The van der Waals surface area contributed by atoms with Crippen molar-refractivity contribution < 1.29 is 13.2 Å². The molecule has 0 bridgehead atoms. The van der Waals surface area contributed by atoms with Crippen LogP contribution in [0.4, 0.5) is 0 Å². The van der Waals surface area contributed by atoms with Crippen LogP contribution in [0.1, 0.15) is 26.3 Å². The number of sulfonamides is 1.